The van der Waals surface area contributed by atoms with E-state index in [4.69, 9.17) is 5.11 Å². The van der Waals surface area contributed by atoms with Gasteiger partial charge in [-0.1, -0.05) is 0 Å². The van der Waals surface area contributed by atoms with Crippen LogP contribution in [0.5, 0.6) is 0 Å². The zero-order valence-corrected chi connectivity index (χ0v) is 11.0. The molecule has 4 N–H and O–H groups in total. The lowest BCUT2D eigenvalue weighted by Gasteiger charge is -2.14. The van der Waals surface area contributed by atoms with Gasteiger partial charge in [0.05, 0.1) is 12.9 Å². The highest BCUT2D eigenvalue weighted by atomic mass is 16.4. The Morgan fingerprint density at radius 2 is 2.05 bits per heavy atom. The number of carboxylic acids is 1. The van der Waals surface area contributed by atoms with E-state index in [2.05, 4.69) is 20.9 Å². The largest absolute Gasteiger partial charge is 0.480 e. The Balaban J connectivity index is 2.19. The van der Waals surface area contributed by atoms with Crippen molar-refractivity contribution >= 4 is 17.9 Å². The molecule has 1 heterocycles. The molecule has 1 aromatic rings. The fourth-order valence-corrected chi connectivity index (χ4v) is 1.43. The second-order valence-electron chi connectivity index (χ2n) is 4.16. The zero-order valence-electron chi connectivity index (χ0n) is 11.0. The summed E-state index contributed by atoms with van der Waals surface area (Å²) >= 11 is 0. The second-order valence-corrected chi connectivity index (χ2v) is 4.16. The van der Waals surface area contributed by atoms with Gasteiger partial charge in [0.15, 0.2) is 0 Å². The van der Waals surface area contributed by atoms with Crippen LogP contribution >= 0.6 is 0 Å². The van der Waals surface area contributed by atoms with Crippen LogP contribution in [0.25, 0.3) is 0 Å². The lowest BCUT2D eigenvalue weighted by atomic mass is 10.3. The number of carbonyl (C=O) groups is 3. The minimum Gasteiger partial charge on any atom is -0.480 e. The summed E-state index contributed by atoms with van der Waals surface area (Å²) in [6, 6.07) is -0.644. The molecule has 9 heteroatoms. The van der Waals surface area contributed by atoms with E-state index < -0.39 is 24.5 Å². The molecule has 1 rings (SSSR count). The van der Waals surface area contributed by atoms with Gasteiger partial charge in [-0.05, 0) is 6.92 Å². The lowest BCUT2D eigenvalue weighted by Crippen LogP contribution is -2.46. The molecule has 0 fully saturated rings. The van der Waals surface area contributed by atoms with Crippen LogP contribution in [-0.2, 0) is 16.1 Å². The molecule has 0 aliphatic rings. The van der Waals surface area contributed by atoms with E-state index >= 15 is 0 Å². The molecule has 3 amide bonds. The Kier molecular flexibility index (Phi) is 6.01. The molecule has 0 spiro atoms. The van der Waals surface area contributed by atoms with Crippen LogP contribution in [0.15, 0.2) is 18.7 Å². The maximum Gasteiger partial charge on any atom is 0.322 e. The maximum atomic E-state index is 11.5. The van der Waals surface area contributed by atoms with Gasteiger partial charge in [-0.15, -0.1) is 0 Å². The lowest BCUT2D eigenvalue weighted by molar-refractivity contribution is -0.137. The number of aromatic nitrogens is 2. The maximum absolute atomic E-state index is 11.5. The number of nitrogens with one attached hydrogen (secondary N) is 3. The van der Waals surface area contributed by atoms with Crippen LogP contribution in [-0.4, -0.2) is 51.7 Å². The third-order valence-electron chi connectivity index (χ3n) is 2.27. The molecular weight excluding hydrogens is 266 g/mol. The number of hydrogen-bond acceptors (Lipinski definition) is 4. The number of imidazole rings is 1. The third kappa shape index (κ3) is 6.38. The second kappa shape index (κ2) is 7.77. The van der Waals surface area contributed by atoms with Crippen LogP contribution in [0.4, 0.5) is 4.79 Å². The predicted molar refractivity (Wildman–Crippen MR) is 68.9 cm³/mol. The summed E-state index contributed by atoms with van der Waals surface area (Å²) in [5, 5.41) is 15.5. The topological polar surface area (TPSA) is 125 Å². The quantitative estimate of drug-likeness (QED) is 0.498. The summed E-state index contributed by atoms with van der Waals surface area (Å²) in [5.74, 6) is -1.71. The number of carbonyl (C=O) groups excluding carboxylic acids is 2. The molecule has 0 aliphatic heterocycles. The molecule has 0 saturated carbocycles. The highest BCUT2D eigenvalue weighted by Gasteiger charge is 2.09. The number of amides is 3. The Morgan fingerprint density at radius 3 is 2.65 bits per heavy atom. The van der Waals surface area contributed by atoms with E-state index in [0.717, 1.165) is 0 Å². The SMILES string of the molecule is CC(Cn1ccnc1)NC(=O)NCC(=O)NCC(=O)O. The van der Waals surface area contributed by atoms with Crippen LogP contribution in [0, 0.1) is 0 Å². The number of nitrogens with zero attached hydrogens (tertiary/aromatic N) is 2. The first-order valence-electron chi connectivity index (χ1n) is 5.96. The molecule has 1 atom stereocenters. The van der Waals surface area contributed by atoms with Crippen molar-refractivity contribution in [1.82, 2.24) is 25.5 Å². The van der Waals surface area contributed by atoms with Crippen LogP contribution in [0.2, 0.25) is 0 Å². The summed E-state index contributed by atoms with van der Waals surface area (Å²) in [4.78, 5) is 36.7. The normalized spacial score (nSPS) is 11.4. The predicted octanol–water partition coefficient (Wildman–Crippen LogP) is -1.23. The van der Waals surface area contributed by atoms with Crippen LogP contribution in [0.3, 0.4) is 0 Å². The van der Waals surface area contributed by atoms with Crippen LogP contribution < -0.4 is 16.0 Å². The number of rotatable bonds is 7. The van der Waals surface area contributed by atoms with E-state index in [1.807, 2.05) is 11.5 Å². The van der Waals surface area contributed by atoms with E-state index in [-0.39, 0.29) is 12.6 Å². The Bertz CT molecular complexity index is 459. The summed E-state index contributed by atoms with van der Waals surface area (Å²) < 4.78 is 1.81. The van der Waals surface area contributed by atoms with Crippen molar-refractivity contribution in [2.24, 2.45) is 0 Å². The smallest absolute Gasteiger partial charge is 0.322 e. The molecule has 0 radical (unpaired) electrons. The molecule has 0 aliphatic carbocycles. The first-order chi connectivity index (χ1) is 9.47. The highest BCUT2D eigenvalue weighted by molar-refractivity contribution is 5.86. The standard InChI is InChI=1S/C11H17N5O4/c1-8(6-16-3-2-12-7-16)15-11(20)14-4-9(17)13-5-10(18)19/h2-3,7-8H,4-6H2,1H3,(H,13,17)(H,18,19)(H2,14,15,20). The van der Waals surface area contributed by atoms with E-state index in [1.165, 1.54) is 0 Å². The summed E-state index contributed by atoms with van der Waals surface area (Å²) in [6.07, 6.45) is 5.05. The monoisotopic (exact) mass is 283 g/mol. The molecule has 1 aromatic heterocycles. The average Bonchev–Trinajstić information content (AvgIpc) is 2.86. The van der Waals surface area contributed by atoms with Crippen molar-refractivity contribution in [2.45, 2.75) is 19.5 Å². The first kappa shape index (κ1) is 15.5. The molecule has 20 heavy (non-hydrogen) atoms. The summed E-state index contributed by atoms with van der Waals surface area (Å²) in [5.41, 5.74) is 0. The van der Waals surface area contributed by atoms with Crippen molar-refractivity contribution in [3.8, 4) is 0 Å². The Labute approximate surface area is 115 Å². The van der Waals surface area contributed by atoms with Crippen molar-refractivity contribution in [2.75, 3.05) is 13.1 Å². The van der Waals surface area contributed by atoms with Gasteiger partial charge >= 0.3 is 12.0 Å². The zero-order chi connectivity index (χ0) is 15.0. The minimum atomic E-state index is -1.14. The van der Waals surface area contributed by atoms with E-state index in [0.29, 0.717) is 6.54 Å². The van der Waals surface area contributed by atoms with Gasteiger partial charge in [-0.2, -0.15) is 0 Å². The number of carboxylic acid groups (broad SMARTS) is 1. The van der Waals surface area contributed by atoms with Crippen molar-refractivity contribution < 1.29 is 19.5 Å². The van der Waals surface area contributed by atoms with E-state index in [1.54, 1.807) is 18.7 Å². The molecular formula is C11H17N5O4. The first-order valence-corrected chi connectivity index (χ1v) is 5.96. The van der Waals surface area contributed by atoms with Crippen molar-refractivity contribution in [3.05, 3.63) is 18.7 Å². The number of urea groups is 1. The Morgan fingerprint density at radius 1 is 1.30 bits per heavy atom. The minimum absolute atomic E-state index is 0.147. The van der Waals surface area contributed by atoms with Gasteiger partial charge in [0, 0.05) is 25.0 Å². The van der Waals surface area contributed by atoms with Gasteiger partial charge in [0.25, 0.3) is 0 Å². The molecule has 0 saturated heterocycles. The number of hydrogen-bond donors (Lipinski definition) is 4. The fraction of sp³-hybridized carbons (Fsp3) is 0.455. The third-order valence-corrected chi connectivity index (χ3v) is 2.27. The van der Waals surface area contributed by atoms with Gasteiger partial charge in [0.2, 0.25) is 5.91 Å². The van der Waals surface area contributed by atoms with Gasteiger partial charge in [-0.3, -0.25) is 9.59 Å². The summed E-state index contributed by atoms with van der Waals surface area (Å²) in [7, 11) is 0. The summed E-state index contributed by atoms with van der Waals surface area (Å²) in [6.45, 7) is 1.61. The van der Waals surface area contributed by atoms with Gasteiger partial charge in [-0.25, -0.2) is 9.78 Å². The van der Waals surface area contributed by atoms with Gasteiger partial charge < -0.3 is 25.6 Å². The van der Waals surface area contributed by atoms with Crippen molar-refractivity contribution in [3.63, 3.8) is 0 Å². The average molecular weight is 283 g/mol. The molecule has 0 aromatic carbocycles. The molecule has 0 bridgehead atoms. The molecule has 9 nitrogen and oxygen atoms in total. The van der Waals surface area contributed by atoms with Crippen molar-refractivity contribution in [1.29, 1.82) is 0 Å². The van der Waals surface area contributed by atoms with Crippen LogP contribution in [0.1, 0.15) is 6.92 Å². The molecule has 110 valence electrons. The highest BCUT2D eigenvalue weighted by Crippen LogP contribution is 1.91. The van der Waals surface area contributed by atoms with Gasteiger partial charge in [0.1, 0.15) is 6.54 Å². The Hall–Kier alpha value is -2.58. The molecule has 1 unspecified atom stereocenters. The fourth-order valence-electron chi connectivity index (χ4n) is 1.43. The number of aliphatic carboxylic acids is 1. The van der Waals surface area contributed by atoms with E-state index in [9.17, 15) is 14.4 Å².